The lowest BCUT2D eigenvalue weighted by Crippen LogP contribution is -2.53. The highest BCUT2D eigenvalue weighted by molar-refractivity contribution is 7.91. The summed E-state index contributed by atoms with van der Waals surface area (Å²) in [7, 11) is -3.87. The second kappa shape index (κ2) is 12.0. The van der Waals surface area contributed by atoms with Crippen LogP contribution in [0.5, 0.6) is 0 Å². The predicted molar refractivity (Wildman–Crippen MR) is 134 cm³/mol. The second-order valence-electron chi connectivity index (χ2n) is 8.24. The van der Waals surface area contributed by atoms with Crippen LogP contribution in [-0.4, -0.2) is 66.4 Å². The highest BCUT2D eigenvalue weighted by Crippen LogP contribution is 2.31. The Morgan fingerprint density at radius 2 is 1.82 bits per heavy atom. The molecule has 2 aliphatic rings. The molecule has 1 aliphatic heterocycles. The number of nitrogens with zero attached hydrogens (tertiary/aromatic N) is 2. The van der Waals surface area contributed by atoms with E-state index in [2.05, 4.69) is 9.71 Å². The molecule has 1 fully saturated rings. The zero-order valence-electron chi connectivity index (χ0n) is 19.7. The summed E-state index contributed by atoms with van der Waals surface area (Å²) in [6.45, 7) is 1.38. The molecule has 0 amide bonds. The van der Waals surface area contributed by atoms with Gasteiger partial charge in [-0.3, -0.25) is 20.1 Å². The minimum atomic E-state index is -5.08. The standard InChI is InChI=1S/C21H23N5O3S2.C2HF3O2/c22-20(23)15-4-3-5-16(19(15)27)21(26-12-1-2-13-26)25-31(28,29)18-7-6-17(30-18)14-8-10-24-11-9-14;3-2(4,5)1(6)7/h3-11,16,21,25H,1-2,12-13H2,(H3,22,23);(H,6,7)/t16-,21?;/m1./s1. The number of carboxylic acids is 1. The Morgan fingerprint density at radius 3 is 2.37 bits per heavy atom. The first kappa shape index (κ1) is 29.2. The van der Waals surface area contributed by atoms with E-state index in [1.807, 2.05) is 17.0 Å². The van der Waals surface area contributed by atoms with Crippen molar-refractivity contribution in [2.75, 3.05) is 13.1 Å². The monoisotopic (exact) mass is 571 g/mol. The lowest BCUT2D eigenvalue weighted by atomic mass is 9.89. The summed E-state index contributed by atoms with van der Waals surface area (Å²) < 4.78 is 61.2. The molecule has 10 nitrogen and oxygen atoms in total. The van der Waals surface area contributed by atoms with Gasteiger partial charge in [0.2, 0.25) is 0 Å². The zero-order valence-corrected chi connectivity index (χ0v) is 21.3. The number of carbonyl (C=O) groups is 2. The van der Waals surface area contributed by atoms with E-state index in [0.29, 0.717) is 13.1 Å². The van der Waals surface area contributed by atoms with Crippen LogP contribution in [0.25, 0.3) is 10.4 Å². The van der Waals surface area contributed by atoms with Crippen molar-refractivity contribution >= 4 is 38.9 Å². The van der Waals surface area contributed by atoms with Crippen LogP contribution in [0.2, 0.25) is 0 Å². The Bertz CT molecular complexity index is 1350. The van der Waals surface area contributed by atoms with E-state index in [-0.39, 0.29) is 21.4 Å². The number of hydrogen-bond donors (Lipinski definition) is 4. The van der Waals surface area contributed by atoms with Crippen molar-refractivity contribution in [1.82, 2.24) is 14.6 Å². The molecule has 0 saturated carbocycles. The SMILES string of the molecule is N=C(N)C1=CC=C[C@@H](C(NS(=O)(=O)c2ccc(-c3ccncc3)s2)N2CCCC2)C1=O.O=C(O)C(F)(F)F. The maximum Gasteiger partial charge on any atom is 0.490 e. The van der Waals surface area contributed by atoms with Crippen molar-refractivity contribution in [3.63, 3.8) is 0 Å². The van der Waals surface area contributed by atoms with Crippen LogP contribution in [0, 0.1) is 11.3 Å². The number of aliphatic carboxylic acids is 1. The number of ketones is 1. The number of hydrogen-bond acceptors (Lipinski definition) is 8. The Kier molecular flexibility index (Phi) is 9.19. The summed E-state index contributed by atoms with van der Waals surface area (Å²) in [6, 6.07) is 6.98. The third-order valence-corrected chi connectivity index (χ3v) is 8.70. The van der Waals surface area contributed by atoms with Gasteiger partial charge in [-0.2, -0.15) is 17.9 Å². The van der Waals surface area contributed by atoms with Gasteiger partial charge in [-0.1, -0.05) is 12.2 Å². The van der Waals surface area contributed by atoms with E-state index in [0.717, 1.165) is 23.3 Å². The highest BCUT2D eigenvalue weighted by Gasteiger charge is 2.39. The number of Topliss-reactive ketones (excluding diaryl/α,β-unsaturated/α-hetero) is 1. The average molecular weight is 572 g/mol. The maximum atomic E-state index is 13.3. The molecule has 1 unspecified atom stereocenters. The number of thiophene rings is 1. The fraction of sp³-hybridized carbons (Fsp3) is 0.304. The largest absolute Gasteiger partial charge is 0.490 e. The summed E-state index contributed by atoms with van der Waals surface area (Å²) in [6.07, 6.45) is 4.19. The molecule has 15 heteroatoms. The van der Waals surface area contributed by atoms with Gasteiger partial charge in [-0.25, -0.2) is 13.2 Å². The molecule has 2 aromatic heterocycles. The molecule has 38 heavy (non-hydrogen) atoms. The van der Waals surface area contributed by atoms with Crippen LogP contribution in [0.1, 0.15) is 12.8 Å². The minimum absolute atomic E-state index is 0.104. The van der Waals surface area contributed by atoms with Crippen molar-refractivity contribution in [1.29, 1.82) is 5.41 Å². The molecule has 0 bridgehead atoms. The number of amidine groups is 1. The maximum absolute atomic E-state index is 13.3. The van der Waals surface area contributed by atoms with E-state index >= 15 is 0 Å². The molecule has 0 aromatic carbocycles. The van der Waals surface area contributed by atoms with Crippen molar-refractivity contribution < 1.29 is 36.3 Å². The van der Waals surface area contributed by atoms with Gasteiger partial charge in [0.1, 0.15) is 10.0 Å². The van der Waals surface area contributed by atoms with E-state index in [1.165, 1.54) is 17.4 Å². The van der Waals surface area contributed by atoms with Crippen molar-refractivity contribution in [2.24, 2.45) is 11.7 Å². The third-order valence-electron chi connectivity index (χ3n) is 5.64. The van der Waals surface area contributed by atoms with Gasteiger partial charge in [0.25, 0.3) is 10.0 Å². The van der Waals surface area contributed by atoms with Gasteiger partial charge in [-0.15, -0.1) is 11.3 Å². The summed E-state index contributed by atoms with van der Waals surface area (Å²) in [4.78, 5) is 28.6. The second-order valence-corrected chi connectivity index (χ2v) is 11.3. The van der Waals surface area contributed by atoms with E-state index < -0.39 is 34.3 Å². The summed E-state index contributed by atoms with van der Waals surface area (Å²) in [5.74, 6) is -4.18. The van der Waals surface area contributed by atoms with Gasteiger partial charge < -0.3 is 10.8 Å². The van der Waals surface area contributed by atoms with Crippen molar-refractivity contribution in [2.45, 2.75) is 29.4 Å². The van der Waals surface area contributed by atoms with Gasteiger partial charge in [0, 0.05) is 17.3 Å². The molecule has 0 spiro atoms. The summed E-state index contributed by atoms with van der Waals surface area (Å²) in [5.41, 5.74) is 6.55. The molecule has 3 heterocycles. The van der Waals surface area contributed by atoms with E-state index in [9.17, 15) is 26.4 Å². The van der Waals surface area contributed by atoms with E-state index in [1.54, 1.807) is 36.7 Å². The summed E-state index contributed by atoms with van der Waals surface area (Å²) in [5, 5.41) is 14.8. The first-order valence-electron chi connectivity index (χ1n) is 11.1. The third kappa shape index (κ3) is 7.12. The van der Waals surface area contributed by atoms with Gasteiger partial charge in [0.05, 0.1) is 17.7 Å². The van der Waals surface area contributed by atoms with Crippen LogP contribution < -0.4 is 10.5 Å². The molecule has 4 rings (SSSR count). The quantitative estimate of drug-likeness (QED) is 0.291. The smallest absolute Gasteiger partial charge is 0.475 e. The van der Waals surface area contributed by atoms with Gasteiger partial charge >= 0.3 is 12.1 Å². The fourth-order valence-electron chi connectivity index (χ4n) is 3.84. The highest BCUT2D eigenvalue weighted by atomic mass is 32.2. The first-order chi connectivity index (χ1) is 17.8. The number of carboxylic acid groups (broad SMARTS) is 1. The summed E-state index contributed by atoms with van der Waals surface area (Å²) >= 11 is 1.17. The molecule has 1 saturated heterocycles. The molecule has 204 valence electrons. The number of nitrogens with two attached hydrogens (primary N) is 1. The lowest BCUT2D eigenvalue weighted by molar-refractivity contribution is -0.192. The molecular weight excluding hydrogens is 547 g/mol. The number of likely N-dealkylation sites (tertiary alicyclic amines) is 1. The predicted octanol–water partition coefficient (Wildman–Crippen LogP) is 2.76. The number of pyridine rings is 1. The van der Waals surface area contributed by atoms with Crippen LogP contribution in [0.15, 0.2) is 64.7 Å². The van der Waals surface area contributed by atoms with Crippen LogP contribution in [0.3, 0.4) is 0 Å². The number of alkyl halides is 3. The molecule has 2 aromatic rings. The minimum Gasteiger partial charge on any atom is -0.475 e. The number of halogens is 3. The normalized spacial score (nSPS) is 18.9. The number of aromatic nitrogens is 1. The molecular formula is C23H24F3N5O5S2. The average Bonchev–Trinajstić information content (AvgIpc) is 3.56. The van der Waals surface area contributed by atoms with Gasteiger partial charge in [-0.05, 0) is 61.8 Å². The Hall–Kier alpha value is -3.40. The fourth-order valence-corrected chi connectivity index (χ4v) is 6.41. The van der Waals surface area contributed by atoms with E-state index in [4.69, 9.17) is 21.0 Å². The van der Waals surface area contributed by atoms with Crippen LogP contribution >= 0.6 is 11.3 Å². The molecule has 0 radical (unpaired) electrons. The number of rotatable bonds is 7. The molecule has 1 aliphatic carbocycles. The molecule has 5 N–H and O–H groups in total. The van der Waals surface area contributed by atoms with Gasteiger partial charge in [0.15, 0.2) is 5.78 Å². The van der Waals surface area contributed by atoms with Crippen LogP contribution in [-0.2, 0) is 19.6 Å². The van der Waals surface area contributed by atoms with Crippen LogP contribution in [0.4, 0.5) is 13.2 Å². The topological polar surface area (TPSA) is 167 Å². The molecule has 2 atom stereocenters. The van der Waals surface area contributed by atoms with Crippen molar-refractivity contribution in [3.05, 3.63) is 60.5 Å². The van der Waals surface area contributed by atoms with Crippen molar-refractivity contribution in [3.8, 4) is 10.4 Å². The Labute approximate surface area is 220 Å². The lowest BCUT2D eigenvalue weighted by Gasteiger charge is -2.33. The Morgan fingerprint density at radius 1 is 1.21 bits per heavy atom. The number of carbonyl (C=O) groups excluding carboxylic acids is 1. The number of allylic oxidation sites excluding steroid dienone is 2. The zero-order chi connectivity index (χ0) is 28.1. The first-order valence-corrected chi connectivity index (χ1v) is 13.4. The Balaban J connectivity index is 0.000000505. The number of nitrogens with one attached hydrogen (secondary N) is 2. The number of sulfonamides is 1.